The van der Waals surface area contributed by atoms with Gasteiger partial charge in [0, 0.05) is 10.6 Å². The van der Waals surface area contributed by atoms with Crippen LogP contribution in [-0.2, 0) is 6.54 Å². The van der Waals surface area contributed by atoms with Crippen molar-refractivity contribution < 1.29 is 4.39 Å². The fourth-order valence-corrected chi connectivity index (χ4v) is 2.23. The van der Waals surface area contributed by atoms with Crippen molar-refractivity contribution in [2.75, 3.05) is 11.1 Å². The van der Waals surface area contributed by atoms with E-state index in [9.17, 15) is 4.39 Å². The van der Waals surface area contributed by atoms with Gasteiger partial charge in [-0.25, -0.2) is 4.39 Å². The number of anilines is 2. The maximum absolute atomic E-state index is 13.0. The molecule has 2 rings (SSSR count). The number of thiophene rings is 1. The van der Waals surface area contributed by atoms with Crippen molar-refractivity contribution in [2.45, 2.75) is 6.54 Å². The number of nitrogens with two attached hydrogens (primary N) is 1. The first kappa shape index (κ1) is 11.2. The lowest BCUT2D eigenvalue weighted by Crippen LogP contribution is -2.00. The second-order valence-corrected chi connectivity index (χ2v) is 4.68. The third kappa shape index (κ3) is 2.46. The molecule has 0 saturated heterocycles. The van der Waals surface area contributed by atoms with Gasteiger partial charge < -0.3 is 11.1 Å². The van der Waals surface area contributed by atoms with Gasteiger partial charge in [0.25, 0.3) is 0 Å². The summed E-state index contributed by atoms with van der Waals surface area (Å²) in [5, 5.41) is 5.47. The molecule has 0 saturated carbocycles. The molecule has 0 aliphatic rings. The van der Waals surface area contributed by atoms with Crippen LogP contribution in [0.3, 0.4) is 0 Å². The van der Waals surface area contributed by atoms with Crippen molar-refractivity contribution in [3.63, 3.8) is 0 Å². The predicted octanol–water partition coefficient (Wildman–Crippen LogP) is 3.73. The molecule has 0 unspecified atom stereocenters. The van der Waals surface area contributed by atoms with Crippen LogP contribution in [-0.4, -0.2) is 0 Å². The Morgan fingerprint density at radius 1 is 1.38 bits per heavy atom. The largest absolute Gasteiger partial charge is 0.398 e. The summed E-state index contributed by atoms with van der Waals surface area (Å²) in [6.07, 6.45) is 0. The molecule has 5 heteroatoms. The van der Waals surface area contributed by atoms with Gasteiger partial charge in [-0.15, -0.1) is 11.3 Å². The average molecular weight is 257 g/mol. The Morgan fingerprint density at radius 3 is 2.88 bits per heavy atom. The lowest BCUT2D eigenvalue weighted by atomic mass is 10.3. The Balaban J connectivity index is 2.10. The number of hydrogen-bond donors (Lipinski definition) is 2. The molecule has 0 atom stereocenters. The molecule has 0 aliphatic heterocycles. The van der Waals surface area contributed by atoms with Crippen LogP contribution in [0.25, 0.3) is 0 Å². The predicted molar refractivity (Wildman–Crippen MR) is 67.5 cm³/mol. The Bertz CT molecular complexity index is 498. The molecule has 1 aromatic heterocycles. The second kappa shape index (κ2) is 4.72. The molecule has 3 N–H and O–H groups in total. The third-order valence-electron chi connectivity index (χ3n) is 2.15. The molecule has 0 bridgehead atoms. The monoisotopic (exact) mass is 256 g/mol. The minimum Gasteiger partial charge on any atom is -0.398 e. The zero-order valence-corrected chi connectivity index (χ0v) is 9.91. The van der Waals surface area contributed by atoms with Crippen molar-refractivity contribution in [1.29, 1.82) is 0 Å². The van der Waals surface area contributed by atoms with Crippen molar-refractivity contribution >= 4 is 34.3 Å². The summed E-state index contributed by atoms with van der Waals surface area (Å²) in [4.78, 5) is 1.01. The summed E-state index contributed by atoms with van der Waals surface area (Å²) in [7, 11) is 0. The Kier molecular flexibility index (Phi) is 3.31. The Hall–Kier alpha value is -1.26. The third-order valence-corrected chi connectivity index (χ3v) is 3.41. The van der Waals surface area contributed by atoms with E-state index in [4.69, 9.17) is 17.3 Å². The van der Waals surface area contributed by atoms with Crippen LogP contribution in [0.15, 0.2) is 29.6 Å². The van der Waals surface area contributed by atoms with E-state index < -0.39 is 0 Å². The zero-order valence-electron chi connectivity index (χ0n) is 8.34. The first-order valence-electron chi connectivity index (χ1n) is 4.67. The molecule has 2 aromatic rings. The maximum Gasteiger partial charge on any atom is 0.125 e. The molecule has 0 radical (unpaired) electrons. The van der Waals surface area contributed by atoms with Crippen LogP contribution in [0.1, 0.15) is 4.88 Å². The fourth-order valence-electron chi connectivity index (χ4n) is 1.30. The molecule has 0 amide bonds. The fraction of sp³-hybridized carbons (Fsp3) is 0.0909. The number of nitrogens with one attached hydrogen (secondary N) is 1. The van der Waals surface area contributed by atoms with Gasteiger partial charge in [-0.2, -0.15) is 0 Å². The van der Waals surface area contributed by atoms with Gasteiger partial charge in [0.15, 0.2) is 0 Å². The minimum absolute atomic E-state index is 0.314. The van der Waals surface area contributed by atoms with Crippen LogP contribution < -0.4 is 11.1 Å². The van der Waals surface area contributed by atoms with Gasteiger partial charge in [-0.3, -0.25) is 0 Å². The van der Waals surface area contributed by atoms with E-state index in [0.29, 0.717) is 17.3 Å². The maximum atomic E-state index is 13.0. The normalized spacial score (nSPS) is 10.4. The Morgan fingerprint density at radius 2 is 2.19 bits per heavy atom. The van der Waals surface area contributed by atoms with Gasteiger partial charge in [-0.1, -0.05) is 11.6 Å². The molecule has 84 valence electrons. The highest BCUT2D eigenvalue weighted by Crippen LogP contribution is 2.25. The topological polar surface area (TPSA) is 38.0 Å². The van der Waals surface area contributed by atoms with E-state index in [0.717, 1.165) is 10.6 Å². The summed E-state index contributed by atoms with van der Waals surface area (Å²) in [6.45, 7) is 0.548. The SMILES string of the molecule is Nc1ccsc1CNc1cc(F)ccc1Cl. The molecule has 0 aliphatic carbocycles. The number of benzene rings is 1. The summed E-state index contributed by atoms with van der Waals surface area (Å²) < 4.78 is 13.0. The van der Waals surface area contributed by atoms with Gasteiger partial charge in [-0.05, 0) is 29.6 Å². The van der Waals surface area contributed by atoms with Gasteiger partial charge in [0.2, 0.25) is 0 Å². The molecule has 1 heterocycles. The van der Waals surface area contributed by atoms with E-state index >= 15 is 0 Å². The van der Waals surface area contributed by atoms with Gasteiger partial charge in [0.05, 0.1) is 17.3 Å². The van der Waals surface area contributed by atoms with Crippen molar-refractivity contribution in [3.8, 4) is 0 Å². The second-order valence-electron chi connectivity index (χ2n) is 3.28. The zero-order chi connectivity index (χ0) is 11.5. The van der Waals surface area contributed by atoms with Crippen molar-refractivity contribution in [2.24, 2.45) is 0 Å². The molecule has 2 nitrogen and oxygen atoms in total. The van der Waals surface area contributed by atoms with Gasteiger partial charge >= 0.3 is 0 Å². The highest BCUT2D eigenvalue weighted by Gasteiger charge is 2.04. The summed E-state index contributed by atoms with van der Waals surface area (Å²) in [5.74, 6) is -0.314. The molecule has 1 aromatic carbocycles. The first-order chi connectivity index (χ1) is 7.66. The van der Waals surface area contributed by atoms with E-state index in [1.807, 2.05) is 11.4 Å². The molecular weight excluding hydrogens is 247 g/mol. The summed E-state index contributed by atoms with van der Waals surface area (Å²) in [5.41, 5.74) is 7.05. The minimum atomic E-state index is -0.314. The van der Waals surface area contributed by atoms with Crippen LogP contribution in [0.5, 0.6) is 0 Å². The van der Waals surface area contributed by atoms with Crippen LogP contribution in [0.2, 0.25) is 5.02 Å². The van der Waals surface area contributed by atoms with E-state index in [2.05, 4.69) is 5.32 Å². The number of halogens is 2. The Labute approximate surface area is 102 Å². The molecule has 0 fully saturated rings. The van der Waals surface area contributed by atoms with Crippen LogP contribution in [0, 0.1) is 5.82 Å². The van der Waals surface area contributed by atoms with Crippen molar-refractivity contribution in [1.82, 2.24) is 0 Å². The quantitative estimate of drug-likeness (QED) is 0.878. The smallest absolute Gasteiger partial charge is 0.125 e. The lowest BCUT2D eigenvalue weighted by Gasteiger charge is -2.07. The van der Waals surface area contributed by atoms with Crippen molar-refractivity contribution in [3.05, 3.63) is 45.4 Å². The summed E-state index contributed by atoms with van der Waals surface area (Å²) in [6, 6.07) is 6.06. The standard InChI is InChI=1S/C11H10ClFN2S/c12-8-2-1-7(13)5-10(8)15-6-11-9(14)3-4-16-11/h1-5,15H,6,14H2. The number of hydrogen-bond acceptors (Lipinski definition) is 3. The van der Waals surface area contributed by atoms with Crippen LogP contribution in [0.4, 0.5) is 15.8 Å². The number of rotatable bonds is 3. The van der Waals surface area contributed by atoms with Crippen LogP contribution >= 0.6 is 22.9 Å². The van der Waals surface area contributed by atoms with E-state index in [-0.39, 0.29) is 5.82 Å². The van der Waals surface area contributed by atoms with E-state index in [1.54, 1.807) is 11.3 Å². The molecular formula is C11H10ClFN2S. The lowest BCUT2D eigenvalue weighted by molar-refractivity contribution is 0.628. The molecule has 0 spiro atoms. The first-order valence-corrected chi connectivity index (χ1v) is 5.93. The highest BCUT2D eigenvalue weighted by atomic mass is 35.5. The van der Waals surface area contributed by atoms with E-state index in [1.165, 1.54) is 18.2 Å². The number of nitrogen functional groups attached to an aromatic ring is 1. The summed E-state index contributed by atoms with van der Waals surface area (Å²) >= 11 is 7.47. The van der Waals surface area contributed by atoms with Gasteiger partial charge in [0.1, 0.15) is 5.82 Å². The molecule has 16 heavy (non-hydrogen) atoms. The average Bonchev–Trinajstić information content (AvgIpc) is 2.66. The highest BCUT2D eigenvalue weighted by molar-refractivity contribution is 7.10.